The number of tetrazole rings is 1. The number of anilines is 1. The summed E-state index contributed by atoms with van der Waals surface area (Å²) in [5, 5.41) is 13.3. The van der Waals surface area contributed by atoms with Crippen LogP contribution >= 0.6 is 0 Å². The maximum atomic E-state index is 13.7. The van der Waals surface area contributed by atoms with Crippen LogP contribution in [0.2, 0.25) is 0 Å². The summed E-state index contributed by atoms with van der Waals surface area (Å²) >= 11 is 0. The Morgan fingerprint density at radius 3 is 2.66 bits per heavy atom. The van der Waals surface area contributed by atoms with Gasteiger partial charge in [0.25, 0.3) is 5.91 Å². The molecule has 146 valence electrons. The normalized spacial score (nSPS) is 11.6. The van der Waals surface area contributed by atoms with Crippen molar-refractivity contribution in [3.8, 4) is 5.69 Å². The van der Waals surface area contributed by atoms with E-state index in [4.69, 9.17) is 0 Å². The molecule has 4 rings (SSSR count). The summed E-state index contributed by atoms with van der Waals surface area (Å²) < 4.78 is 42.6. The number of amides is 1. The second-order valence-corrected chi connectivity index (χ2v) is 6.27. The summed E-state index contributed by atoms with van der Waals surface area (Å²) in [4.78, 5) is 16.7. The van der Waals surface area contributed by atoms with Crippen molar-refractivity contribution in [1.82, 2.24) is 25.2 Å². The van der Waals surface area contributed by atoms with Crippen LogP contribution in [0, 0.1) is 6.92 Å². The van der Waals surface area contributed by atoms with E-state index in [1.807, 2.05) is 6.92 Å². The number of nitrogens with one attached hydrogen (secondary N) is 1. The molecule has 2 aromatic carbocycles. The van der Waals surface area contributed by atoms with Crippen molar-refractivity contribution in [2.24, 2.45) is 0 Å². The van der Waals surface area contributed by atoms with Crippen LogP contribution in [0.4, 0.5) is 18.9 Å². The molecule has 7 nitrogen and oxygen atoms in total. The maximum Gasteiger partial charge on any atom is 0.417 e. The average Bonchev–Trinajstić information content (AvgIpc) is 3.22. The van der Waals surface area contributed by atoms with Gasteiger partial charge in [0.2, 0.25) is 0 Å². The molecule has 0 aliphatic rings. The Balaban J connectivity index is 1.75. The van der Waals surface area contributed by atoms with E-state index in [9.17, 15) is 18.0 Å². The number of para-hydroxylation sites is 1. The molecular formula is C19H13F3N6O. The zero-order valence-corrected chi connectivity index (χ0v) is 15.0. The number of aromatic nitrogens is 5. The molecule has 0 saturated carbocycles. The topological polar surface area (TPSA) is 85.6 Å². The predicted octanol–water partition coefficient (Wildman–Crippen LogP) is 3.79. The molecule has 0 saturated heterocycles. The summed E-state index contributed by atoms with van der Waals surface area (Å²) in [7, 11) is 0. The number of halogens is 3. The van der Waals surface area contributed by atoms with Crippen LogP contribution in [-0.2, 0) is 6.18 Å². The van der Waals surface area contributed by atoms with Crippen molar-refractivity contribution in [1.29, 1.82) is 0 Å². The number of pyridine rings is 1. The van der Waals surface area contributed by atoms with Crippen molar-refractivity contribution in [3.63, 3.8) is 0 Å². The first-order chi connectivity index (χ1) is 13.8. The van der Waals surface area contributed by atoms with Gasteiger partial charge < -0.3 is 5.32 Å². The first-order valence-corrected chi connectivity index (χ1v) is 8.45. The van der Waals surface area contributed by atoms with E-state index in [2.05, 4.69) is 25.8 Å². The standard InChI is InChI=1S/C19H13F3N6O/c1-11-6-7-12(8-16(11)28-10-24-26-27-28)25-18(29)14-9-23-15-5-3-2-4-13(15)17(14)19(20,21)22/h2-10H,1H3,(H,25,29). The first-order valence-electron chi connectivity index (χ1n) is 8.45. The van der Waals surface area contributed by atoms with Crippen LogP contribution in [0.25, 0.3) is 16.6 Å². The van der Waals surface area contributed by atoms with E-state index in [-0.39, 0.29) is 10.9 Å². The highest BCUT2D eigenvalue weighted by Gasteiger charge is 2.37. The van der Waals surface area contributed by atoms with Crippen molar-refractivity contribution >= 4 is 22.5 Å². The van der Waals surface area contributed by atoms with Crippen molar-refractivity contribution in [2.45, 2.75) is 13.1 Å². The van der Waals surface area contributed by atoms with Crippen molar-refractivity contribution in [3.05, 3.63) is 71.7 Å². The molecule has 2 aromatic heterocycles. The van der Waals surface area contributed by atoms with Crippen LogP contribution in [0.15, 0.2) is 55.0 Å². The predicted molar refractivity (Wildman–Crippen MR) is 98.6 cm³/mol. The number of carbonyl (C=O) groups excluding carboxylic acids is 1. The molecule has 2 heterocycles. The lowest BCUT2D eigenvalue weighted by Gasteiger charge is -2.15. The molecular weight excluding hydrogens is 385 g/mol. The number of benzene rings is 2. The summed E-state index contributed by atoms with van der Waals surface area (Å²) in [5.41, 5.74) is 0.286. The number of nitrogens with zero attached hydrogens (tertiary/aromatic N) is 5. The number of rotatable bonds is 3. The fourth-order valence-electron chi connectivity index (χ4n) is 3.02. The smallest absolute Gasteiger partial charge is 0.322 e. The van der Waals surface area contributed by atoms with E-state index in [0.717, 1.165) is 11.8 Å². The van der Waals surface area contributed by atoms with Crippen LogP contribution in [0.3, 0.4) is 0 Å². The van der Waals surface area contributed by atoms with Gasteiger partial charge in [-0.3, -0.25) is 9.78 Å². The summed E-state index contributed by atoms with van der Waals surface area (Å²) in [6.45, 7) is 1.82. The SMILES string of the molecule is Cc1ccc(NC(=O)c2cnc3ccccc3c2C(F)(F)F)cc1-n1cnnn1. The van der Waals surface area contributed by atoms with Crippen LogP contribution in [0.5, 0.6) is 0 Å². The van der Waals surface area contributed by atoms with Crippen molar-refractivity contribution < 1.29 is 18.0 Å². The van der Waals surface area contributed by atoms with E-state index < -0.39 is 23.2 Å². The highest BCUT2D eigenvalue weighted by molar-refractivity contribution is 6.08. The first kappa shape index (κ1) is 18.5. The Bertz CT molecular complexity index is 1200. The lowest BCUT2D eigenvalue weighted by Crippen LogP contribution is -2.20. The van der Waals surface area contributed by atoms with Gasteiger partial charge in [0.15, 0.2) is 0 Å². The maximum absolute atomic E-state index is 13.7. The lowest BCUT2D eigenvalue weighted by molar-refractivity contribution is -0.136. The molecule has 0 radical (unpaired) electrons. The molecule has 0 unspecified atom stereocenters. The van der Waals surface area contributed by atoms with Crippen LogP contribution < -0.4 is 5.32 Å². The van der Waals surface area contributed by atoms with E-state index in [1.165, 1.54) is 29.2 Å². The quantitative estimate of drug-likeness (QED) is 0.568. The molecule has 0 spiro atoms. The Labute approximate surface area is 162 Å². The zero-order chi connectivity index (χ0) is 20.6. The molecule has 10 heteroatoms. The minimum Gasteiger partial charge on any atom is -0.322 e. The fourth-order valence-corrected chi connectivity index (χ4v) is 3.02. The van der Waals surface area contributed by atoms with Gasteiger partial charge in [-0.1, -0.05) is 24.3 Å². The molecule has 29 heavy (non-hydrogen) atoms. The minimum absolute atomic E-state index is 0.133. The van der Waals surface area contributed by atoms with Crippen LogP contribution in [0.1, 0.15) is 21.5 Å². The molecule has 4 aromatic rings. The molecule has 0 aliphatic carbocycles. The van der Waals surface area contributed by atoms with Gasteiger partial charge in [-0.25, -0.2) is 4.68 Å². The number of aryl methyl sites for hydroxylation is 1. The third-order valence-corrected chi connectivity index (χ3v) is 4.37. The van der Waals surface area contributed by atoms with Gasteiger partial charge in [0.1, 0.15) is 6.33 Å². The van der Waals surface area contributed by atoms with E-state index in [1.54, 1.807) is 24.3 Å². The lowest BCUT2D eigenvalue weighted by atomic mass is 10.0. The zero-order valence-electron chi connectivity index (χ0n) is 15.0. The largest absolute Gasteiger partial charge is 0.417 e. The average molecular weight is 398 g/mol. The monoisotopic (exact) mass is 398 g/mol. The molecule has 0 fully saturated rings. The Morgan fingerprint density at radius 2 is 1.93 bits per heavy atom. The van der Waals surface area contributed by atoms with E-state index >= 15 is 0 Å². The second-order valence-electron chi connectivity index (χ2n) is 6.27. The van der Waals surface area contributed by atoms with Gasteiger partial charge in [0.05, 0.1) is 22.3 Å². The summed E-state index contributed by atoms with van der Waals surface area (Å²) in [6.07, 6.45) is -2.40. The van der Waals surface area contributed by atoms with E-state index in [0.29, 0.717) is 11.4 Å². The Morgan fingerprint density at radius 1 is 1.14 bits per heavy atom. The number of hydrogen-bond donors (Lipinski definition) is 1. The highest BCUT2D eigenvalue weighted by atomic mass is 19.4. The molecule has 0 bridgehead atoms. The fraction of sp³-hybridized carbons (Fsp3) is 0.105. The van der Waals surface area contributed by atoms with Crippen molar-refractivity contribution in [2.75, 3.05) is 5.32 Å². The van der Waals surface area contributed by atoms with Gasteiger partial charge in [-0.2, -0.15) is 13.2 Å². The molecule has 0 atom stereocenters. The Kier molecular flexibility index (Phi) is 4.45. The summed E-state index contributed by atoms with van der Waals surface area (Å²) in [6, 6.07) is 10.7. The Hall–Kier alpha value is -3.82. The third-order valence-electron chi connectivity index (χ3n) is 4.37. The van der Waals surface area contributed by atoms with Gasteiger partial charge in [0, 0.05) is 17.3 Å². The van der Waals surface area contributed by atoms with Gasteiger partial charge in [-0.15, -0.1) is 5.10 Å². The van der Waals surface area contributed by atoms with Crippen LogP contribution in [-0.4, -0.2) is 31.1 Å². The number of hydrogen-bond acceptors (Lipinski definition) is 5. The molecule has 1 N–H and O–H groups in total. The molecule has 0 aliphatic heterocycles. The van der Waals surface area contributed by atoms with Gasteiger partial charge >= 0.3 is 6.18 Å². The van der Waals surface area contributed by atoms with Gasteiger partial charge in [-0.05, 0) is 41.1 Å². The second kappa shape index (κ2) is 6.97. The highest BCUT2D eigenvalue weighted by Crippen LogP contribution is 2.37. The minimum atomic E-state index is -4.72. The third kappa shape index (κ3) is 3.51. The number of carbonyl (C=O) groups is 1. The summed E-state index contributed by atoms with van der Waals surface area (Å²) in [5.74, 6) is -0.915. The molecule has 1 amide bonds. The number of alkyl halides is 3. The number of fused-ring (bicyclic) bond motifs is 1.